The molecule has 0 atom stereocenters. The summed E-state index contributed by atoms with van der Waals surface area (Å²) in [6.07, 6.45) is 0. The van der Waals surface area contributed by atoms with Gasteiger partial charge in [0.05, 0.1) is 11.1 Å². The minimum Gasteiger partial charge on any atom is -0.192 e. The molecule has 0 saturated carbocycles. The minimum atomic E-state index is 0.391. The lowest BCUT2D eigenvalue weighted by atomic mass is 10.1. The maximum atomic E-state index is 9.01. The molecular weight excluding hydrogens is 308 g/mol. The first kappa shape index (κ1) is 12.7. The SMILES string of the molecule is N#Cc1cc(Br)c(Sc2ccccc2)cc1C#N. The van der Waals surface area contributed by atoms with Crippen LogP contribution in [0.1, 0.15) is 11.1 Å². The third kappa shape index (κ3) is 2.73. The zero-order valence-electron chi connectivity index (χ0n) is 9.22. The van der Waals surface area contributed by atoms with E-state index in [0.29, 0.717) is 11.1 Å². The highest BCUT2D eigenvalue weighted by atomic mass is 79.9. The molecule has 2 aromatic carbocycles. The molecule has 2 rings (SSSR count). The lowest BCUT2D eigenvalue weighted by molar-refractivity contribution is 1.32. The van der Waals surface area contributed by atoms with E-state index in [1.54, 1.807) is 23.9 Å². The third-order valence-electron chi connectivity index (χ3n) is 2.28. The van der Waals surface area contributed by atoms with Crippen molar-refractivity contribution in [3.05, 3.63) is 58.1 Å². The monoisotopic (exact) mass is 314 g/mol. The fourth-order valence-electron chi connectivity index (χ4n) is 1.43. The van der Waals surface area contributed by atoms with E-state index in [0.717, 1.165) is 14.3 Å². The summed E-state index contributed by atoms with van der Waals surface area (Å²) < 4.78 is 0.826. The fourth-order valence-corrected chi connectivity index (χ4v) is 2.90. The van der Waals surface area contributed by atoms with Crippen LogP contribution in [0.3, 0.4) is 0 Å². The van der Waals surface area contributed by atoms with Gasteiger partial charge in [0, 0.05) is 14.3 Å². The van der Waals surface area contributed by atoms with E-state index in [1.807, 2.05) is 42.5 Å². The Labute approximate surface area is 118 Å². The van der Waals surface area contributed by atoms with Gasteiger partial charge in [0.1, 0.15) is 12.1 Å². The molecule has 4 heteroatoms. The molecule has 2 aromatic rings. The lowest BCUT2D eigenvalue weighted by Crippen LogP contribution is -1.86. The van der Waals surface area contributed by atoms with E-state index >= 15 is 0 Å². The van der Waals surface area contributed by atoms with Gasteiger partial charge in [-0.1, -0.05) is 30.0 Å². The summed E-state index contributed by atoms with van der Waals surface area (Å²) in [5, 5.41) is 17.9. The molecule has 2 nitrogen and oxygen atoms in total. The van der Waals surface area contributed by atoms with Crippen LogP contribution in [0.25, 0.3) is 0 Å². The van der Waals surface area contributed by atoms with E-state index in [9.17, 15) is 0 Å². The van der Waals surface area contributed by atoms with Crippen LogP contribution in [0.5, 0.6) is 0 Å². The number of halogens is 1. The van der Waals surface area contributed by atoms with Gasteiger partial charge in [-0.05, 0) is 40.2 Å². The van der Waals surface area contributed by atoms with Gasteiger partial charge in [-0.2, -0.15) is 10.5 Å². The molecule has 86 valence electrons. The van der Waals surface area contributed by atoms with Gasteiger partial charge >= 0.3 is 0 Å². The van der Waals surface area contributed by atoms with Crippen molar-refractivity contribution in [2.75, 3.05) is 0 Å². The normalized spacial score (nSPS) is 9.50. The second kappa shape index (κ2) is 5.73. The van der Waals surface area contributed by atoms with Crippen molar-refractivity contribution in [2.24, 2.45) is 0 Å². The number of hydrogen-bond acceptors (Lipinski definition) is 3. The van der Waals surface area contributed by atoms with E-state index in [1.165, 1.54) is 0 Å². The molecule has 0 aliphatic carbocycles. The van der Waals surface area contributed by atoms with Crippen LogP contribution in [0.15, 0.2) is 56.7 Å². The predicted octanol–water partition coefficient (Wildman–Crippen LogP) is 4.34. The fraction of sp³-hybridized carbons (Fsp3) is 0. The average Bonchev–Trinajstić information content (AvgIpc) is 2.41. The molecule has 0 saturated heterocycles. The molecule has 0 amide bonds. The molecule has 0 unspecified atom stereocenters. The molecule has 0 aliphatic heterocycles. The van der Waals surface area contributed by atoms with Crippen LogP contribution in [0.4, 0.5) is 0 Å². The van der Waals surface area contributed by atoms with Gasteiger partial charge in [0.25, 0.3) is 0 Å². The summed E-state index contributed by atoms with van der Waals surface area (Å²) in [4.78, 5) is 2.02. The van der Waals surface area contributed by atoms with Crippen molar-refractivity contribution < 1.29 is 0 Å². The first-order valence-corrected chi connectivity index (χ1v) is 6.72. The van der Waals surface area contributed by atoms with Gasteiger partial charge in [0.2, 0.25) is 0 Å². The second-order valence-electron chi connectivity index (χ2n) is 3.47. The number of rotatable bonds is 2. The van der Waals surface area contributed by atoms with Gasteiger partial charge in [-0.25, -0.2) is 0 Å². The van der Waals surface area contributed by atoms with Crippen LogP contribution in [0, 0.1) is 22.7 Å². The first-order valence-electron chi connectivity index (χ1n) is 5.11. The Morgan fingerprint density at radius 1 is 0.944 bits per heavy atom. The quantitative estimate of drug-likeness (QED) is 0.828. The average molecular weight is 315 g/mol. The highest BCUT2D eigenvalue weighted by Gasteiger charge is 2.09. The number of benzene rings is 2. The summed E-state index contributed by atoms with van der Waals surface area (Å²) in [5.41, 5.74) is 0.793. The van der Waals surface area contributed by atoms with Crippen molar-refractivity contribution in [2.45, 2.75) is 9.79 Å². The van der Waals surface area contributed by atoms with E-state index in [2.05, 4.69) is 15.9 Å². The molecule has 0 fully saturated rings. The Hall–Kier alpha value is -1.75. The van der Waals surface area contributed by atoms with E-state index in [4.69, 9.17) is 10.5 Å². The van der Waals surface area contributed by atoms with Crippen molar-refractivity contribution in [3.63, 3.8) is 0 Å². The summed E-state index contributed by atoms with van der Waals surface area (Å²) in [6, 6.07) is 17.4. The maximum Gasteiger partial charge on any atom is 0.101 e. The molecule has 0 N–H and O–H groups in total. The Balaban J connectivity index is 2.41. The molecule has 0 spiro atoms. The number of hydrogen-bond donors (Lipinski definition) is 0. The lowest BCUT2D eigenvalue weighted by Gasteiger charge is -2.06. The van der Waals surface area contributed by atoms with E-state index < -0.39 is 0 Å². The molecule has 0 radical (unpaired) electrons. The topological polar surface area (TPSA) is 47.6 Å². The van der Waals surface area contributed by atoms with Crippen LogP contribution in [0.2, 0.25) is 0 Å². The molecular formula is C14H7BrN2S. The predicted molar refractivity (Wildman–Crippen MR) is 74.1 cm³/mol. The van der Waals surface area contributed by atoms with Gasteiger partial charge in [-0.3, -0.25) is 0 Å². The second-order valence-corrected chi connectivity index (χ2v) is 5.44. The van der Waals surface area contributed by atoms with E-state index in [-0.39, 0.29) is 0 Å². The molecule has 0 aromatic heterocycles. The highest BCUT2D eigenvalue weighted by molar-refractivity contribution is 9.10. The highest BCUT2D eigenvalue weighted by Crippen LogP contribution is 2.35. The molecule has 0 bridgehead atoms. The van der Waals surface area contributed by atoms with Crippen LogP contribution in [-0.2, 0) is 0 Å². The van der Waals surface area contributed by atoms with Crippen molar-refractivity contribution >= 4 is 27.7 Å². The zero-order valence-corrected chi connectivity index (χ0v) is 11.6. The van der Waals surface area contributed by atoms with Gasteiger partial charge in [-0.15, -0.1) is 0 Å². The molecule has 0 heterocycles. The van der Waals surface area contributed by atoms with Crippen molar-refractivity contribution in [3.8, 4) is 12.1 Å². The number of nitriles is 2. The molecule has 18 heavy (non-hydrogen) atoms. The minimum absolute atomic E-state index is 0.391. The first-order chi connectivity index (χ1) is 8.74. The van der Waals surface area contributed by atoms with Crippen LogP contribution >= 0.6 is 27.7 Å². The largest absolute Gasteiger partial charge is 0.192 e. The Kier molecular flexibility index (Phi) is 4.04. The van der Waals surface area contributed by atoms with Crippen molar-refractivity contribution in [1.82, 2.24) is 0 Å². The summed E-state index contributed by atoms with van der Waals surface area (Å²) in [5.74, 6) is 0. The maximum absolute atomic E-state index is 9.01. The Morgan fingerprint density at radius 2 is 1.56 bits per heavy atom. The molecule has 0 aliphatic rings. The van der Waals surface area contributed by atoms with Gasteiger partial charge < -0.3 is 0 Å². The smallest absolute Gasteiger partial charge is 0.101 e. The zero-order chi connectivity index (χ0) is 13.0. The number of nitrogens with zero attached hydrogens (tertiary/aromatic N) is 2. The Bertz CT molecular complexity index is 654. The van der Waals surface area contributed by atoms with Crippen LogP contribution < -0.4 is 0 Å². The Morgan fingerprint density at radius 3 is 2.17 bits per heavy atom. The summed E-state index contributed by atoms with van der Waals surface area (Å²) in [6.45, 7) is 0. The standard InChI is InChI=1S/C14H7BrN2S/c15-13-6-10(8-16)11(9-17)7-14(13)18-12-4-2-1-3-5-12/h1-7H. The van der Waals surface area contributed by atoms with Crippen molar-refractivity contribution in [1.29, 1.82) is 10.5 Å². The van der Waals surface area contributed by atoms with Gasteiger partial charge in [0.15, 0.2) is 0 Å². The third-order valence-corrected chi connectivity index (χ3v) is 4.27. The summed E-state index contributed by atoms with van der Waals surface area (Å²) >= 11 is 4.98. The van der Waals surface area contributed by atoms with Crippen LogP contribution in [-0.4, -0.2) is 0 Å². The summed E-state index contributed by atoms with van der Waals surface area (Å²) in [7, 11) is 0.